The van der Waals surface area contributed by atoms with Crippen molar-refractivity contribution in [2.45, 2.75) is 32.2 Å². The summed E-state index contributed by atoms with van der Waals surface area (Å²) in [5.41, 5.74) is 9.68. The monoisotopic (exact) mass is 351 g/mol. The molecule has 4 heteroatoms. The molecule has 0 unspecified atom stereocenters. The van der Waals surface area contributed by atoms with Gasteiger partial charge < -0.3 is 15.5 Å². The highest BCUT2D eigenvalue weighted by atomic mass is 16.2. The maximum Gasteiger partial charge on any atom is 0.253 e. The van der Waals surface area contributed by atoms with Crippen LogP contribution in [0.4, 0.5) is 5.69 Å². The van der Waals surface area contributed by atoms with E-state index in [2.05, 4.69) is 42.3 Å². The second-order valence-corrected chi connectivity index (χ2v) is 7.31. The quantitative estimate of drug-likeness (QED) is 0.841. The number of likely N-dealkylation sites (N-methyl/N-ethyl adjacent to an activating group) is 1. The first-order valence-corrected chi connectivity index (χ1v) is 9.44. The maximum atomic E-state index is 12.7. The number of hydrogen-bond acceptors (Lipinski definition) is 3. The molecule has 2 aromatic rings. The van der Waals surface area contributed by atoms with Crippen LogP contribution < -0.4 is 5.73 Å². The van der Waals surface area contributed by atoms with E-state index in [1.807, 2.05) is 30.0 Å². The summed E-state index contributed by atoms with van der Waals surface area (Å²) in [4.78, 5) is 17.1. The summed E-state index contributed by atoms with van der Waals surface area (Å²) < 4.78 is 0. The SMILES string of the molecule is Cc1cc(C(=O)N2CCC(N(C)CCc3ccccc3)CC2)ccc1N. The van der Waals surface area contributed by atoms with E-state index in [1.165, 1.54) is 5.56 Å². The van der Waals surface area contributed by atoms with Gasteiger partial charge in [-0.25, -0.2) is 0 Å². The van der Waals surface area contributed by atoms with Gasteiger partial charge in [-0.05, 0) is 62.6 Å². The molecule has 138 valence electrons. The number of hydrogen-bond donors (Lipinski definition) is 1. The number of likely N-dealkylation sites (tertiary alicyclic amines) is 1. The fourth-order valence-electron chi connectivity index (χ4n) is 3.63. The zero-order valence-electron chi connectivity index (χ0n) is 15.8. The van der Waals surface area contributed by atoms with E-state index < -0.39 is 0 Å². The lowest BCUT2D eigenvalue weighted by Crippen LogP contribution is -2.46. The van der Waals surface area contributed by atoms with Crippen LogP contribution >= 0.6 is 0 Å². The van der Waals surface area contributed by atoms with Gasteiger partial charge in [-0.15, -0.1) is 0 Å². The Kier molecular flexibility index (Phi) is 5.94. The van der Waals surface area contributed by atoms with Crippen LogP contribution in [0.5, 0.6) is 0 Å². The topological polar surface area (TPSA) is 49.6 Å². The lowest BCUT2D eigenvalue weighted by atomic mass is 10.0. The van der Waals surface area contributed by atoms with Crippen molar-refractivity contribution in [3.8, 4) is 0 Å². The molecular formula is C22H29N3O. The van der Waals surface area contributed by atoms with Gasteiger partial charge in [-0.2, -0.15) is 0 Å². The van der Waals surface area contributed by atoms with Crippen LogP contribution in [0.15, 0.2) is 48.5 Å². The third-order valence-electron chi connectivity index (χ3n) is 5.49. The summed E-state index contributed by atoms with van der Waals surface area (Å²) in [6.45, 7) is 4.64. The number of nitrogens with two attached hydrogens (primary N) is 1. The average Bonchev–Trinajstić information content (AvgIpc) is 2.68. The largest absolute Gasteiger partial charge is 0.399 e. The first kappa shape index (κ1) is 18.5. The Labute approximate surface area is 156 Å². The molecule has 1 aliphatic heterocycles. The minimum atomic E-state index is 0.124. The summed E-state index contributed by atoms with van der Waals surface area (Å²) in [5, 5.41) is 0. The van der Waals surface area contributed by atoms with Gasteiger partial charge in [0.1, 0.15) is 0 Å². The molecule has 1 aliphatic rings. The molecule has 1 heterocycles. The summed E-state index contributed by atoms with van der Waals surface area (Å²) in [7, 11) is 2.20. The molecule has 0 saturated carbocycles. The zero-order chi connectivity index (χ0) is 18.5. The van der Waals surface area contributed by atoms with Crippen molar-refractivity contribution in [1.29, 1.82) is 0 Å². The van der Waals surface area contributed by atoms with Crippen molar-refractivity contribution in [2.75, 3.05) is 32.4 Å². The number of nitrogen functional groups attached to an aromatic ring is 1. The third kappa shape index (κ3) is 4.44. The number of carbonyl (C=O) groups excluding carboxylic acids is 1. The van der Waals surface area contributed by atoms with Crippen LogP contribution in [0.1, 0.15) is 34.3 Å². The summed E-state index contributed by atoms with van der Waals surface area (Å²) in [5.74, 6) is 0.124. The van der Waals surface area contributed by atoms with Gasteiger partial charge in [-0.3, -0.25) is 4.79 Å². The molecule has 26 heavy (non-hydrogen) atoms. The van der Waals surface area contributed by atoms with Crippen molar-refractivity contribution in [3.05, 3.63) is 65.2 Å². The number of piperidine rings is 1. The van der Waals surface area contributed by atoms with E-state index in [-0.39, 0.29) is 5.91 Å². The van der Waals surface area contributed by atoms with Crippen LogP contribution in [0, 0.1) is 6.92 Å². The summed E-state index contributed by atoms with van der Waals surface area (Å²) >= 11 is 0. The van der Waals surface area contributed by atoms with Gasteiger partial charge in [0.05, 0.1) is 0 Å². The second-order valence-electron chi connectivity index (χ2n) is 7.31. The van der Waals surface area contributed by atoms with Gasteiger partial charge in [0.15, 0.2) is 0 Å². The molecule has 3 rings (SSSR count). The Bertz CT molecular complexity index is 736. The molecule has 0 radical (unpaired) electrons. The number of carbonyl (C=O) groups is 1. The standard InChI is InChI=1S/C22H29N3O/c1-17-16-19(8-9-21(17)23)22(26)25-14-11-20(12-15-25)24(2)13-10-18-6-4-3-5-7-18/h3-9,16,20H,10-15,23H2,1-2H3. The predicted molar refractivity (Wildman–Crippen MR) is 107 cm³/mol. The Morgan fingerprint density at radius 1 is 1.15 bits per heavy atom. The van der Waals surface area contributed by atoms with Crippen molar-refractivity contribution in [1.82, 2.24) is 9.80 Å². The summed E-state index contributed by atoms with van der Waals surface area (Å²) in [6.07, 6.45) is 3.14. The number of aryl methyl sites for hydroxylation is 1. The predicted octanol–water partition coefficient (Wildman–Crippen LogP) is 3.36. The van der Waals surface area contributed by atoms with E-state index in [0.717, 1.165) is 55.7 Å². The first-order valence-electron chi connectivity index (χ1n) is 9.44. The maximum absolute atomic E-state index is 12.7. The van der Waals surface area contributed by atoms with Gasteiger partial charge in [-0.1, -0.05) is 30.3 Å². The smallest absolute Gasteiger partial charge is 0.253 e. The van der Waals surface area contributed by atoms with E-state index in [1.54, 1.807) is 0 Å². The molecule has 1 amide bonds. The normalized spacial score (nSPS) is 15.4. The molecule has 2 aromatic carbocycles. The molecule has 1 saturated heterocycles. The molecule has 4 nitrogen and oxygen atoms in total. The van der Waals surface area contributed by atoms with Gasteiger partial charge >= 0.3 is 0 Å². The van der Waals surface area contributed by atoms with E-state index >= 15 is 0 Å². The van der Waals surface area contributed by atoms with Crippen LogP contribution in [0.25, 0.3) is 0 Å². The van der Waals surface area contributed by atoms with Gasteiger partial charge in [0.2, 0.25) is 0 Å². The molecular weight excluding hydrogens is 322 g/mol. The lowest BCUT2D eigenvalue weighted by molar-refractivity contribution is 0.0647. The van der Waals surface area contributed by atoms with E-state index in [4.69, 9.17) is 5.73 Å². The van der Waals surface area contributed by atoms with E-state index in [9.17, 15) is 4.79 Å². The Balaban J connectivity index is 1.50. The van der Waals surface area contributed by atoms with Crippen LogP contribution in [-0.4, -0.2) is 48.4 Å². The van der Waals surface area contributed by atoms with Crippen LogP contribution in [0.3, 0.4) is 0 Å². The number of rotatable bonds is 5. The van der Waals surface area contributed by atoms with Crippen LogP contribution in [0.2, 0.25) is 0 Å². The first-order chi connectivity index (χ1) is 12.5. The molecule has 0 bridgehead atoms. The number of anilines is 1. The van der Waals surface area contributed by atoms with Gasteiger partial charge in [0, 0.05) is 36.9 Å². The van der Waals surface area contributed by atoms with Crippen molar-refractivity contribution >= 4 is 11.6 Å². The van der Waals surface area contributed by atoms with Gasteiger partial charge in [0.25, 0.3) is 5.91 Å². The zero-order valence-corrected chi connectivity index (χ0v) is 15.8. The Morgan fingerprint density at radius 2 is 1.85 bits per heavy atom. The number of benzene rings is 2. The Morgan fingerprint density at radius 3 is 2.50 bits per heavy atom. The highest BCUT2D eigenvalue weighted by molar-refractivity contribution is 5.95. The van der Waals surface area contributed by atoms with Crippen molar-refractivity contribution < 1.29 is 4.79 Å². The molecule has 1 fully saturated rings. The van der Waals surface area contributed by atoms with Crippen LogP contribution in [-0.2, 0) is 6.42 Å². The molecule has 0 aliphatic carbocycles. The molecule has 2 N–H and O–H groups in total. The number of amides is 1. The van der Waals surface area contributed by atoms with Crippen molar-refractivity contribution in [3.63, 3.8) is 0 Å². The Hall–Kier alpha value is -2.33. The lowest BCUT2D eigenvalue weighted by Gasteiger charge is -2.37. The molecule has 0 spiro atoms. The summed E-state index contributed by atoms with van der Waals surface area (Å²) in [6, 6.07) is 16.7. The average molecular weight is 351 g/mol. The van der Waals surface area contributed by atoms with E-state index in [0.29, 0.717) is 6.04 Å². The second kappa shape index (κ2) is 8.37. The molecule has 0 aromatic heterocycles. The molecule has 0 atom stereocenters. The highest BCUT2D eigenvalue weighted by Gasteiger charge is 2.25. The minimum Gasteiger partial charge on any atom is -0.399 e. The fourth-order valence-corrected chi connectivity index (χ4v) is 3.63. The fraction of sp³-hybridized carbons (Fsp3) is 0.409. The third-order valence-corrected chi connectivity index (χ3v) is 5.49. The van der Waals surface area contributed by atoms with Crippen molar-refractivity contribution in [2.24, 2.45) is 0 Å². The minimum absolute atomic E-state index is 0.124. The number of nitrogens with zero attached hydrogens (tertiary/aromatic N) is 2. The highest BCUT2D eigenvalue weighted by Crippen LogP contribution is 2.20.